The number of carbonyl (C=O) groups is 3. The highest BCUT2D eigenvalue weighted by Gasteiger charge is 2.53. The average molecular weight is 482 g/mol. The van der Waals surface area contributed by atoms with E-state index in [4.69, 9.17) is 4.74 Å². The van der Waals surface area contributed by atoms with Crippen LogP contribution in [0.25, 0.3) is 0 Å². The van der Waals surface area contributed by atoms with Gasteiger partial charge in [0.15, 0.2) is 11.9 Å². The minimum absolute atomic E-state index is 0.0152. The van der Waals surface area contributed by atoms with Crippen LogP contribution in [0.1, 0.15) is 68.5 Å². The Hall–Kier alpha value is -3.64. The molecule has 12 heteroatoms. The largest absolute Gasteiger partial charge is 0.507 e. The molecule has 0 spiro atoms. The van der Waals surface area contributed by atoms with E-state index in [0.29, 0.717) is 0 Å². The molecule has 9 nitrogen and oxygen atoms in total. The first kappa shape index (κ1) is 23.5. The summed E-state index contributed by atoms with van der Waals surface area (Å²) in [5.41, 5.74) is -5.76. The molecule has 0 heterocycles. The number of aliphatic hydroxyl groups excluding tert-OH is 1. The maximum Gasteiger partial charge on any atom is 0.490 e. The highest BCUT2D eigenvalue weighted by atomic mass is 19.4. The monoisotopic (exact) mass is 482 g/mol. The van der Waals surface area contributed by atoms with Crippen LogP contribution in [0.3, 0.4) is 0 Å². The molecule has 3 atom stereocenters. The number of carbonyl (C=O) groups excluding carboxylic acids is 3. The number of aromatic hydroxyl groups is 2. The average Bonchev–Trinajstić information content (AvgIpc) is 2.74. The molecule has 2 aliphatic rings. The van der Waals surface area contributed by atoms with Gasteiger partial charge in [0, 0.05) is 23.1 Å². The van der Waals surface area contributed by atoms with Crippen LogP contribution in [0.5, 0.6) is 17.2 Å². The zero-order chi connectivity index (χ0) is 25.3. The molecule has 0 saturated heterocycles. The number of esters is 1. The normalized spacial score (nSPS) is 23.6. The second-order valence-electron chi connectivity index (χ2n) is 8.18. The number of methoxy groups -OCH3 is 1. The van der Waals surface area contributed by atoms with Gasteiger partial charge < -0.3 is 29.9 Å². The fourth-order valence-electron chi connectivity index (χ4n) is 4.46. The molecular formula is C22H17F3O9. The molecule has 180 valence electrons. The van der Waals surface area contributed by atoms with E-state index in [-0.39, 0.29) is 16.9 Å². The van der Waals surface area contributed by atoms with E-state index in [1.807, 2.05) is 0 Å². The van der Waals surface area contributed by atoms with Gasteiger partial charge in [-0.2, -0.15) is 13.2 Å². The predicted molar refractivity (Wildman–Crippen MR) is 105 cm³/mol. The maximum atomic E-state index is 13.2. The molecular weight excluding hydrogens is 465 g/mol. The predicted octanol–water partition coefficient (Wildman–Crippen LogP) is 2.22. The number of aliphatic hydroxyl groups is 2. The third-order valence-corrected chi connectivity index (χ3v) is 5.92. The van der Waals surface area contributed by atoms with Gasteiger partial charge in [-0.1, -0.05) is 12.1 Å². The highest BCUT2D eigenvalue weighted by molar-refractivity contribution is 6.31. The van der Waals surface area contributed by atoms with Crippen LogP contribution in [0.2, 0.25) is 0 Å². The van der Waals surface area contributed by atoms with Crippen molar-refractivity contribution < 1.29 is 57.5 Å². The number of halogens is 3. The van der Waals surface area contributed by atoms with Gasteiger partial charge in [0.2, 0.25) is 5.78 Å². The van der Waals surface area contributed by atoms with Crippen molar-refractivity contribution in [1.29, 1.82) is 0 Å². The Morgan fingerprint density at radius 3 is 2.24 bits per heavy atom. The Kier molecular flexibility index (Phi) is 5.14. The van der Waals surface area contributed by atoms with Gasteiger partial charge in [-0.05, 0) is 13.0 Å². The van der Waals surface area contributed by atoms with Crippen molar-refractivity contribution in [2.24, 2.45) is 0 Å². The van der Waals surface area contributed by atoms with Gasteiger partial charge in [0.05, 0.1) is 29.9 Å². The molecule has 0 radical (unpaired) electrons. The molecule has 0 bridgehead atoms. The highest BCUT2D eigenvalue weighted by Crippen LogP contribution is 2.55. The van der Waals surface area contributed by atoms with Crippen LogP contribution in [0.15, 0.2) is 18.2 Å². The first-order valence-electron chi connectivity index (χ1n) is 9.78. The van der Waals surface area contributed by atoms with Crippen molar-refractivity contribution >= 4 is 17.5 Å². The van der Waals surface area contributed by atoms with Crippen LogP contribution in [-0.4, -0.2) is 56.8 Å². The lowest BCUT2D eigenvalue weighted by molar-refractivity contribution is -0.219. The van der Waals surface area contributed by atoms with E-state index in [9.17, 15) is 48.0 Å². The number of hydrogen-bond acceptors (Lipinski definition) is 9. The van der Waals surface area contributed by atoms with Crippen LogP contribution < -0.4 is 4.74 Å². The van der Waals surface area contributed by atoms with Crippen LogP contribution in [0, 0.1) is 0 Å². The summed E-state index contributed by atoms with van der Waals surface area (Å²) in [5, 5.41) is 43.1. The number of ketones is 2. The summed E-state index contributed by atoms with van der Waals surface area (Å²) >= 11 is 0. The Bertz CT molecular complexity index is 1260. The molecule has 0 unspecified atom stereocenters. The lowest BCUT2D eigenvalue weighted by Crippen LogP contribution is -2.43. The summed E-state index contributed by atoms with van der Waals surface area (Å²) in [6.45, 7) is 0.941. The summed E-state index contributed by atoms with van der Waals surface area (Å²) in [4.78, 5) is 38.0. The standard InChI is InChI=1S/C22H17F3O9/c1-21(32)6-8(26)11-14(19(21)34-20(31)22(23,24)25)18(30)12-13(17(11)29)16(28)10-7(15(12)27)4-3-5-9(10)33-2/h3-5,8,19,26,29-30,32H,6H2,1-2H3/t8-,19+,21+/m0/s1. The van der Waals surface area contributed by atoms with Gasteiger partial charge in [-0.3, -0.25) is 9.59 Å². The molecule has 2 aromatic rings. The first-order chi connectivity index (χ1) is 15.7. The number of phenols is 2. The molecule has 4 N–H and O–H groups in total. The number of alkyl halides is 3. The quantitative estimate of drug-likeness (QED) is 0.318. The molecule has 0 aliphatic heterocycles. The number of hydrogen-bond donors (Lipinski definition) is 4. The van der Waals surface area contributed by atoms with E-state index in [1.165, 1.54) is 25.3 Å². The molecule has 0 aromatic heterocycles. The lowest BCUT2D eigenvalue weighted by atomic mass is 9.72. The van der Waals surface area contributed by atoms with Crippen LogP contribution in [-0.2, 0) is 9.53 Å². The summed E-state index contributed by atoms with van der Waals surface area (Å²) in [5.74, 6) is -6.79. The van der Waals surface area contributed by atoms with E-state index in [2.05, 4.69) is 4.74 Å². The minimum Gasteiger partial charge on any atom is -0.507 e. The van der Waals surface area contributed by atoms with E-state index >= 15 is 0 Å². The zero-order valence-electron chi connectivity index (χ0n) is 17.6. The Morgan fingerprint density at radius 2 is 1.65 bits per heavy atom. The second-order valence-corrected chi connectivity index (χ2v) is 8.18. The molecule has 4 rings (SSSR count). The third kappa shape index (κ3) is 3.21. The smallest absolute Gasteiger partial charge is 0.490 e. The molecule has 0 saturated carbocycles. The molecule has 34 heavy (non-hydrogen) atoms. The van der Waals surface area contributed by atoms with Crippen molar-refractivity contribution in [2.75, 3.05) is 7.11 Å². The number of benzene rings is 2. The molecule has 0 fully saturated rings. The maximum absolute atomic E-state index is 13.2. The summed E-state index contributed by atoms with van der Waals surface area (Å²) < 4.78 is 48.2. The van der Waals surface area contributed by atoms with E-state index in [0.717, 1.165) is 6.92 Å². The lowest BCUT2D eigenvalue weighted by Gasteiger charge is -2.41. The fraction of sp³-hybridized carbons (Fsp3) is 0.318. The van der Waals surface area contributed by atoms with Crippen LogP contribution >= 0.6 is 0 Å². The van der Waals surface area contributed by atoms with Crippen molar-refractivity contribution in [3.63, 3.8) is 0 Å². The topological polar surface area (TPSA) is 151 Å². The number of rotatable bonds is 2. The third-order valence-electron chi connectivity index (χ3n) is 5.92. The molecule has 2 aromatic carbocycles. The SMILES string of the molecule is COc1cccc2c1C(=O)c1c(O)c3c(c(O)c1C2=O)[C@@H](OC(=O)C(F)(F)F)[C@](C)(O)C[C@@H]3O. The van der Waals surface area contributed by atoms with Gasteiger partial charge in [-0.25, -0.2) is 4.79 Å². The van der Waals surface area contributed by atoms with Crippen molar-refractivity contribution in [1.82, 2.24) is 0 Å². The Morgan fingerprint density at radius 1 is 1.06 bits per heavy atom. The van der Waals surface area contributed by atoms with E-state index in [1.54, 1.807) is 0 Å². The van der Waals surface area contributed by atoms with Gasteiger partial charge in [0.25, 0.3) is 0 Å². The summed E-state index contributed by atoms with van der Waals surface area (Å²) in [6, 6.07) is 4.00. The van der Waals surface area contributed by atoms with Gasteiger partial charge >= 0.3 is 12.1 Å². The van der Waals surface area contributed by atoms with Crippen molar-refractivity contribution in [3.05, 3.63) is 51.6 Å². The van der Waals surface area contributed by atoms with Crippen molar-refractivity contribution in [3.8, 4) is 17.2 Å². The summed E-state index contributed by atoms with van der Waals surface area (Å²) in [7, 11) is 1.23. The minimum atomic E-state index is -5.47. The van der Waals surface area contributed by atoms with Gasteiger partial charge in [0.1, 0.15) is 22.8 Å². The molecule has 2 aliphatic carbocycles. The Labute approximate surface area is 189 Å². The first-order valence-corrected chi connectivity index (χ1v) is 9.78. The number of ether oxygens (including phenoxy) is 2. The van der Waals surface area contributed by atoms with Crippen molar-refractivity contribution in [2.45, 2.75) is 37.3 Å². The second kappa shape index (κ2) is 7.43. The van der Waals surface area contributed by atoms with Crippen LogP contribution in [0.4, 0.5) is 13.2 Å². The summed E-state index contributed by atoms with van der Waals surface area (Å²) in [6.07, 6.45) is -10.3. The Balaban J connectivity index is 2.03. The zero-order valence-corrected chi connectivity index (χ0v) is 17.6. The van der Waals surface area contributed by atoms with Gasteiger partial charge in [-0.15, -0.1) is 0 Å². The fourth-order valence-corrected chi connectivity index (χ4v) is 4.46. The number of phenolic OH excluding ortho intramolecular Hbond substituents is 2. The number of fused-ring (bicyclic) bond motifs is 3. The van der Waals surface area contributed by atoms with E-state index < -0.39 is 81.7 Å². The molecule has 0 amide bonds.